The number of rotatable bonds is 3. The van der Waals surface area contributed by atoms with Crippen LogP contribution in [-0.2, 0) is 0 Å². The molecule has 6 nitrogen and oxygen atoms in total. The summed E-state index contributed by atoms with van der Waals surface area (Å²) in [6.07, 6.45) is 0. The van der Waals surface area contributed by atoms with Gasteiger partial charge in [-0.05, 0) is 43.7 Å². The molecule has 0 radical (unpaired) electrons. The normalized spacial score (nSPS) is 10.8. The van der Waals surface area contributed by atoms with Crippen LogP contribution in [0.3, 0.4) is 0 Å². The van der Waals surface area contributed by atoms with Crippen LogP contribution in [0.5, 0.6) is 0 Å². The average molecular weight is 392 g/mol. The molecule has 0 aliphatic rings. The van der Waals surface area contributed by atoms with E-state index in [4.69, 9.17) is 33.4 Å². The van der Waals surface area contributed by atoms with Crippen LogP contribution in [0.2, 0.25) is 10.0 Å². The Bertz CT molecular complexity index is 1020. The largest absolute Gasteiger partial charge is 0.459 e. The van der Waals surface area contributed by atoms with Crippen molar-refractivity contribution in [1.29, 1.82) is 0 Å². The van der Waals surface area contributed by atoms with Gasteiger partial charge in [0.05, 0.1) is 21.3 Å². The lowest BCUT2D eigenvalue weighted by Gasteiger charge is -2.11. The zero-order valence-corrected chi connectivity index (χ0v) is 15.5. The SMILES string of the molecule is Cc1oc2c(NC(=O)c3c(Cl)cccc3Cl)cc(NC(N)=O)cc2c1C. The number of carbonyl (C=O) groups excluding carboxylic acids is 2. The Kier molecular flexibility index (Phi) is 4.80. The molecule has 0 saturated heterocycles. The molecule has 0 unspecified atom stereocenters. The standard InChI is InChI=1S/C18H15Cl2N3O3/c1-8-9(2)26-16-11(8)6-10(22-18(21)25)7-14(16)23-17(24)15-12(19)4-3-5-13(15)20/h3-7H,1-2H3,(H,23,24)(H3,21,22,25). The third-order valence-electron chi connectivity index (χ3n) is 3.98. The predicted octanol–water partition coefficient (Wildman–Crippen LogP) is 5.10. The highest BCUT2D eigenvalue weighted by molar-refractivity contribution is 6.40. The van der Waals surface area contributed by atoms with Gasteiger partial charge in [-0.3, -0.25) is 4.79 Å². The van der Waals surface area contributed by atoms with Crippen LogP contribution in [0, 0.1) is 13.8 Å². The summed E-state index contributed by atoms with van der Waals surface area (Å²) in [5.74, 6) is 0.201. The fourth-order valence-corrected chi connectivity index (χ4v) is 3.21. The van der Waals surface area contributed by atoms with E-state index in [1.165, 1.54) is 0 Å². The minimum atomic E-state index is -0.714. The monoisotopic (exact) mass is 391 g/mol. The van der Waals surface area contributed by atoms with Gasteiger partial charge in [0.15, 0.2) is 5.58 Å². The van der Waals surface area contributed by atoms with Gasteiger partial charge in [-0.1, -0.05) is 29.3 Å². The van der Waals surface area contributed by atoms with Gasteiger partial charge < -0.3 is 20.8 Å². The number of primary amides is 1. The number of halogens is 2. The number of aryl methyl sites for hydroxylation is 2. The van der Waals surface area contributed by atoms with Gasteiger partial charge in [0, 0.05) is 11.1 Å². The second kappa shape index (κ2) is 6.90. The Morgan fingerprint density at radius 3 is 2.35 bits per heavy atom. The number of furan rings is 1. The first-order valence-electron chi connectivity index (χ1n) is 7.63. The van der Waals surface area contributed by atoms with E-state index in [0.29, 0.717) is 22.7 Å². The molecule has 0 fully saturated rings. The molecule has 26 heavy (non-hydrogen) atoms. The zero-order chi connectivity index (χ0) is 19.0. The maximum Gasteiger partial charge on any atom is 0.316 e. The van der Waals surface area contributed by atoms with Crippen molar-refractivity contribution in [3.8, 4) is 0 Å². The minimum absolute atomic E-state index is 0.150. The Hall–Kier alpha value is -2.70. The van der Waals surface area contributed by atoms with Crippen LogP contribution >= 0.6 is 23.2 Å². The molecule has 0 aliphatic heterocycles. The number of nitrogens with one attached hydrogen (secondary N) is 2. The van der Waals surface area contributed by atoms with Crippen molar-refractivity contribution < 1.29 is 14.0 Å². The number of fused-ring (bicyclic) bond motifs is 1. The van der Waals surface area contributed by atoms with E-state index in [1.54, 1.807) is 30.3 Å². The number of urea groups is 1. The van der Waals surface area contributed by atoms with E-state index in [2.05, 4.69) is 10.6 Å². The summed E-state index contributed by atoms with van der Waals surface area (Å²) < 4.78 is 5.76. The summed E-state index contributed by atoms with van der Waals surface area (Å²) in [5, 5.41) is 6.44. The highest BCUT2D eigenvalue weighted by Gasteiger charge is 2.19. The Morgan fingerprint density at radius 2 is 1.73 bits per heavy atom. The van der Waals surface area contributed by atoms with E-state index >= 15 is 0 Å². The van der Waals surface area contributed by atoms with E-state index in [1.807, 2.05) is 13.8 Å². The Morgan fingerprint density at radius 1 is 1.08 bits per heavy atom. The molecule has 8 heteroatoms. The maximum atomic E-state index is 12.7. The second-order valence-corrected chi connectivity index (χ2v) is 6.54. The van der Waals surface area contributed by atoms with Crippen LogP contribution in [0.4, 0.5) is 16.2 Å². The molecule has 3 amide bonds. The van der Waals surface area contributed by atoms with Gasteiger partial charge in [0.25, 0.3) is 5.91 Å². The molecule has 0 spiro atoms. The Labute approximate surface area is 159 Å². The molecule has 1 aromatic heterocycles. The van der Waals surface area contributed by atoms with Crippen molar-refractivity contribution >= 4 is 57.5 Å². The highest BCUT2D eigenvalue weighted by atomic mass is 35.5. The summed E-state index contributed by atoms with van der Waals surface area (Å²) in [5.41, 5.74) is 7.50. The Balaban J connectivity index is 2.10. The number of nitrogens with two attached hydrogens (primary N) is 1. The molecule has 1 heterocycles. The molecule has 0 atom stereocenters. The molecule has 3 aromatic rings. The first-order chi connectivity index (χ1) is 12.3. The lowest BCUT2D eigenvalue weighted by atomic mass is 10.1. The number of amides is 3. The molecule has 4 N–H and O–H groups in total. The van der Waals surface area contributed by atoms with Crippen LogP contribution in [0.25, 0.3) is 11.0 Å². The zero-order valence-electron chi connectivity index (χ0n) is 13.9. The molecule has 0 bridgehead atoms. The number of hydrogen-bond acceptors (Lipinski definition) is 3. The summed E-state index contributed by atoms with van der Waals surface area (Å²) in [7, 11) is 0. The summed E-state index contributed by atoms with van der Waals surface area (Å²) >= 11 is 12.2. The average Bonchev–Trinajstić information content (AvgIpc) is 2.82. The van der Waals surface area contributed by atoms with E-state index in [0.717, 1.165) is 10.9 Å². The van der Waals surface area contributed by atoms with Crippen LogP contribution in [-0.4, -0.2) is 11.9 Å². The predicted molar refractivity (Wildman–Crippen MR) is 103 cm³/mol. The smallest absolute Gasteiger partial charge is 0.316 e. The minimum Gasteiger partial charge on any atom is -0.459 e. The summed E-state index contributed by atoms with van der Waals surface area (Å²) in [4.78, 5) is 23.9. The van der Waals surface area contributed by atoms with Crippen molar-refractivity contribution in [3.63, 3.8) is 0 Å². The van der Waals surface area contributed by atoms with Crippen molar-refractivity contribution in [2.45, 2.75) is 13.8 Å². The maximum absolute atomic E-state index is 12.7. The van der Waals surface area contributed by atoms with E-state index < -0.39 is 11.9 Å². The highest BCUT2D eigenvalue weighted by Crippen LogP contribution is 2.35. The lowest BCUT2D eigenvalue weighted by Crippen LogP contribution is -2.19. The molecule has 2 aromatic carbocycles. The number of benzene rings is 2. The molecular weight excluding hydrogens is 377 g/mol. The van der Waals surface area contributed by atoms with Gasteiger partial charge in [-0.2, -0.15) is 0 Å². The van der Waals surface area contributed by atoms with Crippen LogP contribution in [0.1, 0.15) is 21.7 Å². The summed E-state index contributed by atoms with van der Waals surface area (Å²) in [6.45, 7) is 3.69. The van der Waals surface area contributed by atoms with Gasteiger partial charge in [-0.15, -0.1) is 0 Å². The second-order valence-electron chi connectivity index (χ2n) is 5.72. The third kappa shape index (κ3) is 3.34. The van der Waals surface area contributed by atoms with Crippen LogP contribution in [0.15, 0.2) is 34.7 Å². The van der Waals surface area contributed by atoms with Crippen molar-refractivity contribution in [1.82, 2.24) is 0 Å². The molecule has 134 valence electrons. The van der Waals surface area contributed by atoms with E-state index in [9.17, 15) is 9.59 Å². The first-order valence-corrected chi connectivity index (χ1v) is 8.39. The topological polar surface area (TPSA) is 97.4 Å². The molecular formula is C18H15Cl2N3O3. The van der Waals surface area contributed by atoms with Gasteiger partial charge in [0.1, 0.15) is 5.76 Å². The van der Waals surface area contributed by atoms with Crippen molar-refractivity contribution in [2.75, 3.05) is 10.6 Å². The lowest BCUT2D eigenvalue weighted by molar-refractivity contribution is 0.102. The van der Waals surface area contributed by atoms with Crippen LogP contribution < -0.4 is 16.4 Å². The quantitative estimate of drug-likeness (QED) is 0.579. The number of hydrogen-bond donors (Lipinski definition) is 3. The van der Waals surface area contributed by atoms with Crippen molar-refractivity contribution in [3.05, 3.63) is 57.3 Å². The number of anilines is 2. The fourth-order valence-electron chi connectivity index (χ4n) is 2.64. The third-order valence-corrected chi connectivity index (χ3v) is 4.61. The first kappa shape index (κ1) is 18.1. The van der Waals surface area contributed by atoms with E-state index in [-0.39, 0.29) is 15.6 Å². The molecule has 3 rings (SSSR count). The van der Waals surface area contributed by atoms with Gasteiger partial charge in [-0.25, -0.2) is 4.79 Å². The van der Waals surface area contributed by atoms with Gasteiger partial charge in [0.2, 0.25) is 0 Å². The summed E-state index contributed by atoms with van der Waals surface area (Å²) in [6, 6.07) is 7.36. The fraction of sp³-hybridized carbons (Fsp3) is 0.111. The van der Waals surface area contributed by atoms with Crippen molar-refractivity contribution in [2.24, 2.45) is 5.73 Å². The molecule has 0 saturated carbocycles. The van der Waals surface area contributed by atoms with Gasteiger partial charge >= 0.3 is 6.03 Å². The number of carbonyl (C=O) groups is 2. The molecule has 0 aliphatic carbocycles.